The third kappa shape index (κ3) is 4.48. The van der Waals surface area contributed by atoms with Gasteiger partial charge in [0.2, 0.25) is 5.88 Å². The molecule has 0 amide bonds. The Morgan fingerprint density at radius 1 is 1.28 bits per heavy atom. The first kappa shape index (κ1) is 19.6. The summed E-state index contributed by atoms with van der Waals surface area (Å²) < 4.78 is 21.6. The van der Waals surface area contributed by atoms with Gasteiger partial charge in [-0.25, -0.2) is 4.57 Å². The molecule has 0 bridgehead atoms. The van der Waals surface area contributed by atoms with E-state index in [2.05, 4.69) is 20.9 Å². The van der Waals surface area contributed by atoms with Crippen LogP contribution >= 0.6 is 7.82 Å². The monoisotopic (exact) mass is 414 g/mol. The van der Waals surface area contributed by atoms with Gasteiger partial charge in [0.05, 0.1) is 36.1 Å². The highest BCUT2D eigenvalue weighted by Gasteiger charge is 2.24. The Labute approximate surface area is 166 Å². The molecule has 10 heteroatoms. The molecule has 9 nitrogen and oxygen atoms in total. The second-order valence-electron chi connectivity index (χ2n) is 6.72. The molecule has 29 heavy (non-hydrogen) atoms. The highest BCUT2D eigenvalue weighted by molar-refractivity contribution is 7.46. The molecule has 1 aromatic carbocycles. The van der Waals surface area contributed by atoms with Gasteiger partial charge in [0.1, 0.15) is 0 Å². The number of rotatable bonds is 5. The number of pyridine rings is 1. The lowest BCUT2D eigenvalue weighted by Gasteiger charge is -2.26. The second-order valence-corrected chi connectivity index (χ2v) is 7.89. The van der Waals surface area contributed by atoms with E-state index in [0.29, 0.717) is 40.9 Å². The van der Waals surface area contributed by atoms with E-state index in [4.69, 9.17) is 9.26 Å². The van der Waals surface area contributed by atoms with Gasteiger partial charge >= 0.3 is 7.82 Å². The molecule has 3 aromatic rings. The number of ether oxygens (including phenoxy) is 1. The van der Waals surface area contributed by atoms with Crippen molar-refractivity contribution in [3.63, 3.8) is 0 Å². The van der Waals surface area contributed by atoms with Crippen molar-refractivity contribution in [2.45, 2.75) is 6.54 Å². The van der Waals surface area contributed by atoms with Crippen LogP contribution in [0, 0.1) is 11.3 Å². The maximum atomic E-state index is 11.4. The maximum Gasteiger partial charge on any atom is 0.525 e. The predicted molar refractivity (Wildman–Crippen MR) is 105 cm³/mol. The minimum Gasteiger partial charge on any atom is -0.387 e. The summed E-state index contributed by atoms with van der Waals surface area (Å²) in [4.78, 5) is 28.2. The summed E-state index contributed by atoms with van der Waals surface area (Å²) >= 11 is 0. The fourth-order valence-corrected chi connectivity index (χ4v) is 3.74. The van der Waals surface area contributed by atoms with Crippen LogP contribution in [0.2, 0.25) is 0 Å². The maximum absolute atomic E-state index is 11.4. The van der Waals surface area contributed by atoms with Crippen molar-refractivity contribution in [2.24, 2.45) is 0 Å². The number of nitriles is 1. The number of H-pyrrole nitrogens is 1. The lowest BCUT2D eigenvalue weighted by molar-refractivity contribution is 0.0341. The summed E-state index contributed by atoms with van der Waals surface area (Å²) in [6, 6.07) is 10.7. The van der Waals surface area contributed by atoms with Gasteiger partial charge in [0, 0.05) is 36.7 Å². The van der Waals surface area contributed by atoms with Crippen LogP contribution in [0.4, 0.5) is 0 Å². The van der Waals surface area contributed by atoms with Crippen LogP contribution < -0.4 is 4.52 Å². The van der Waals surface area contributed by atoms with E-state index >= 15 is 0 Å². The molecule has 1 aliphatic heterocycles. The summed E-state index contributed by atoms with van der Waals surface area (Å²) in [5.41, 5.74) is 2.91. The van der Waals surface area contributed by atoms with E-state index in [-0.39, 0.29) is 5.88 Å². The Bertz CT molecular complexity index is 1110. The molecule has 1 fully saturated rings. The average Bonchev–Trinajstić information content (AvgIpc) is 3.04. The number of aromatic amines is 1. The van der Waals surface area contributed by atoms with Crippen molar-refractivity contribution in [3.8, 4) is 23.2 Å². The van der Waals surface area contributed by atoms with Crippen molar-refractivity contribution in [1.82, 2.24) is 14.9 Å². The molecule has 2 aromatic heterocycles. The van der Waals surface area contributed by atoms with Gasteiger partial charge in [0.25, 0.3) is 0 Å². The van der Waals surface area contributed by atoms with Crippen molar-refractivity contribution in [3.05, 3.63) is 47.7 Å². The first-order valence-corrected chi connectivity index (χ1v) is 10.5. The van der Waals surface area contributed by atoms with E-state index in [9.17, 15) is 19.6 Å². The average molecular weight is 414 g/mol. The zero-order chi connectivity index (χ0) is 20.4. The van der Waals surface area contributed by atoms with Crippen molar-refractivity contribution < 1.29 is 23.6 Å². The number of benzene rings is 1. The number of phosphoric ester groups is 1. The highest BCUT2D eigenvalue weighted by atomic mass is 31.2. The van der Waals surface area contributed by atoms with Crippen LogP contribution in [0.25, 0.3) is 22.2 Å². The fourth-order valence-electron chi connectivity index (χ4n) is 3.36. The minimum absolute atomic E-state index is 0.0862. The molecule has 0 spiro atoms. The smallest absolute Gasteiger partial charge is 0.387 e. The van der Waals surface area contributed by atoms with Crippen LogP contribution in [0.3, 0.4) is 0 Å². The van der Waals surface area contributed by atoms with Crippen LogP contribution in [-0.4, -0.2) is 51.0 Å². The van der Waals surface area contributed by atoms with Crippen LogP contribution in [-0.2, 0) is 15.8 Å². The van der Waals surface area contributed by atoms with E-state index in [1.807, 2.05) is 6.07 Å². The number of morpholine rings is 1. The molecular formula is C19H19N4O5P. The minimum atomic E-state index is -4.79. The Kier molecular flexibility index (Phi) is 5.37. The Balaban J connectivity index is 1.72. The zero-order valence-corrected chi connectivity index (χ0v) is 16.3. The first-order valence-electron chi connectivity index (χ1n) is 8.99. The largest absolute Gasteiger partial charge is 0.525 e. The third-order valence-electron chi connectivity index (χ3n) is 4.69. The molecule has 3 N–H and O–H groups in total. The molecule has 0 saturated carbocycles. The number of hydrogen-bond acceptors (Lipinski definition) is 6. The Morgan fingerprint density at radius 3 is 2.72 bits per heavy atom. The quantitative estimate of drug-likeness (QED) is 0.543. The number of phosphoric acid groups is 1. The summed E-state index contributed by atoms with van der Waals surface area (Å²) in [6.07, 6.45) is 1.74. The van der Waals surface area contributed by atoms with Gasteiger partial charge in [-0.15, -0.1) is 0 Å². The fraction of sp³-hybridized carbons (Fsp3) is 0.263. The lowest BCUT2D eigenvalue weighted by atomic mass is 10.1. The van der Waals surface area contributed by atoms with Gasteiger partial charge in [-0.1, -0.05) is 6.07 Å². The molecule has 0 unspecified atom stereocenters. The number of fused-ring (bicyclic) bond motifs is 1. The molecule has 0 radical (unpaired) electrons. The number of hydrogen-bond donors (Lipinski definition) is 3. The summed E-state index contributed by atoms with van der Waals surface area (Å²) in [5, 5.41) is 9.80. The van der Waals surface area contributed by atoms with Crippen LogP contribution in [0.15, 0.2) is 36.5 Å². The molecule has 0 atom stereocenters. The summed E-state index contributed by atoms with van der Waals surface area (Å²) in [7, 11) is -4.79. The van der Waals surface area contributed by atoms with Gasteiger partial charge in [0.15, 0.2) is 0 Å². The third-order valence-corrected chi connectivity index (χ3v) is 5.11. The van der Waals surface area contributed by atoms with Gasteiger partial charge in [-0.2, -0.15) is 5.26 Å². The van der Waals surface area contributed by atoms with Gasteiger partial charge in [-0.3, -0.25) is 19.7 Å². The molecule has 0 aliphatic carbocycles. The second kappa shape index (κ2) is 7.95. The van der Waals surface area contributed by atoms with Gasteiger partial charge in [-0.05, 0) is 29.8 Å². The van der Waals surface area contributed by atoms with Crippen LogP contribution in [0.1, 0.15) is 11.1 Å². The molecular weight excluding hydrogens is 395 g/mol. The standard InChI is InChI=1S/C19H19N4O5P/c20-10-13-1-3-16-15(9-13)18(19(22-16)28-29(24,25)26)17-4-2-14(11-21-17)12-23-5-7-27-8-6-23/h1-4,9,11,22H,5-8,12H2,(H2,24,25,26). The zero-order valence-electron chi connectivity index (χ0n) is 15.4. The topological polar surface area (TPSA) is 132 Å². The lowest BCUT2D eigenvalue weighted by Crippen LogP contribution is -2.35. The van der Waals surface area contributed by atoms with E-state index in [0.717, 1.165) is 25.2 Å². The number of nitrogens with one attached hydrogen (secondary N) is 1. The Morgan fingerprint density at radius 2 is 2.07 bits per heavy atom. The van der Waals surface area contributed by atoms with Gasteiger partial charge < -0.3 is 14.2 Å². The number of aromatic nitrogens is 2. The van der Waals surface area contributed by atoms with Crippen molar-refractivity contribution in [1.29, 1.82) is 5.26 Å². The summed E-state index contributed by atoms with van der Waals surface area (Å²) in [6.45, 7) is 3.90. The van der Waals surface area contributed by atoms with E-state index in [1.165, 1.54) is 0 Å². The van der Waals surface area contributed by atoms with E-state index < -0.39 is 7.82 Å². The van der Waals surface area contributed by atoms with Crippen LogP contribution in [0.5, 0.6) is 5.88 Å². The SMILES string of the molecule is N#Cc1ccc2[nH]c(OP(=O)(O)O)c(-c3ccc(CN4CCOCC4)cn3)c2c1. The van der Waals surface area contributed by atoms with E-state index in [1.54, 1.807) is 30.5 Å². The summed E-state index contributed by atoms with van der Waals surface area (Å²) in [5.74, 6) is -0.0862. The highest BCUT2D eigenvalue weighted by Crippen LogP contribution is 2.44. The molecule has 1 aliphatic rings. The first-order chi connectivity index (χ1) is 13.9. The molecule has 3 heterocycles. The molecule has 150 valence electrons. The van der Waals surface area contributed by atoms with Crippen molar-refractivity contribution >= 4 is 18.7 Å². The number of nitrogens with zero attached hydrogens (tertiary/aromatic N) is 3. The molecule has 1 saturated heterocycles. The Hall–Kier alpha value is -2.73. The predicted octanol–water partition coefficient (Wildman–Crippen LogP) is 2.41. The van der Waals surface area contributed by atoms with Crippen molar-refractivity contribution in [2.75, 3.05) is 26.3 Å². The normalized spacial score (nSPS) is 15.3. The molecule has 4 rings (SSSR count).